The molecule has 0 aromatic carbocycles. The van der Waals surface area contributed by atoms with Gasteiger partial charge in [-0.05, 0) is 37.5 Å². The summed E-state index contributed by atoms with van der Waals surface area (Å²) >= 11 is 0. The number of hydrogen-bond acceptors (Lipinski definition) is 1. The Hall–Kier alpha value is -0.0400. The molecule has 1 heteroatoms. The standard InChI is InChI=1S/C11H20O/c1-9(2)8-5-6-10(9,3)11(4,12)7-8/h8,12H,5-7H2,1-4H3. The first-order valence-electron chi connectivity index (χ1n) is 5.04. The third-order valence-corrected chi connectivity index (χ3v) is 5.27. The molecule has 0 amide bonds. The molecule has 0 aromatic rings. The highest BCUT2D eigenvalue weighted by Gasteiger charge is 2.66. The van der Waals surface area contributed by atoms with E-state index in [0.717, 1.165) is 12.3 Å². The minimum Gasteiger partial charge on any atom is -0.390 e. The van der Waals surface area contributed by atoms with Crippen LogP contribution in [0.1, 0.15) is 47.0 Å². The van der Waals surface area contributed by atoms with Crippen molar-refractivity contribution in [3.63, 3.8) is 0 Å². The summed E-state index contributed by atoms with van der Waals surface area (Å²) in [5, 5.41) is 10.3. The average molecular weight is 168 g/mol. The minimum atomic E-state index is -0.417. The number of aliphatic hydroxyl groups is 1. The van der Waals surface area contributed by atoms with Gasteiger partial charge >= 0.3 is 0 Å². The Morgan fingerprint density at radius 3 is 1.92 bits per heavy atom. The molecule has 12 heavy (non-hydrogen) atoms. The summed E-state index contributed by atoms with van der Waals surface area (Å²) in [7, 11) is 0. The second kappa shape index (κ2) is 1.89. The lowest BCUT2D eigenvalue weighted by atomic mass is 9.65. The van der Waals surface area contributed by atoms with Crippen LogP contribution >= 0.6 is 0 Å². The summed E-state index contributed by atoms with van der Waals surface area (Å²) in [5.41, 5.74) is 0.0839. The van der Waals surface area contributed by atoms with E-state index in [2.05, 4.69) is 20.8 Å². The lowest BCUT2D eigenvalue weighted by Gasteiger charge is -2.43. The van der Waals surface area contributed by atoms with E-state index in [1.54, 1.807) is 0 Å². The van der Waals surface area contributed by atoms with Crippen molar-refractivity contribution in [1.82, 2.24) is 0 Å². The van der Waals surface area contributed by atoms with E-state index in [0.29, 0.717) is 5.41 Å². The van der Waals surface area contributed by atoms with Gasteiger partial charge in [0.1, 0.15) is 0 Å². The second-order valence-corrected chi connectivity index (χ2v) is 5.77. The van der Waals surface area contributed by atoms with E-state index in [-0.39, 0.29) is 5.41 Å². The fourth-order valence-corrected chi connectivity index (χ4v) is 3.62. The zero-order valence-corrected chi connectivity index (χ0v) is 8.65. The Kier molecular flexibility index (Phi) is 1.35. The molecule has 2 aliphatic carbocycles. The third-order valence-electron chi connectivity index (χ3n) is 5.27. The summed E-state index contributed by atoms with van der Waals surface area (Å²) in [6, 6.07) is 0. The van der Waals surface area contributed by atoms with Gasteiger partial charge in [0.15, 0.2) is 0 Å². The van der Waals surface area contributed by atoms with Gasteiger partial charge in [-0.2, -0.15) is 0 Å². The summed E-state index contributed by atoms with van der Waals surface area (Å²) in [4.78, 5) is 0. The van der Waals surface area contributed by atoms with Gasteiger partial charge in [-0.3, -0.25) is 0 Å². The SMILES string of the molecule is CC1(O)CC2CCC1(C)C2(C)C. The monoisotopic (exact) mass is 168 g/mol. The summed E-state index contributed by atoms with van der Waals surface area (Å²) in [6.45, 7) is 8.94. The topological polar surface area (TPSA) is 20.2 Å². The van der Waals surface area contributed by atoms with Gasteiger partial charge in [0, 0.05) is 5.41 Å². The van der Waals surface area contributed by atoms with Crippen LogP contribution in [0.5, 0.6) is 0 Å². The molecule has 0 saturated heterocycles. The maximum Gasteiger partial charge on any atom is 0.0681 e. The average Bonchev–Trinajstić information content (AvgIpc) is 2.18. The molecule has 2 aliphatic rings. The zero-order chi connectivity index (χ0) is 9.20. The van der Waals surface area contributed by atoms with Crippen LogP contribution < -0.4 is 0 Å². The van der Waals surface area contributed by atoms with Crippen LogP contribution in [0.25, 0.3) is 0 Å². The van der Waals surface area contributed by atoms with Gasteiger partial charge < -0.3 is 5.11 Å². The summed E-state index contributed by atoms with van der Waals surface area (Å²) < 4.78 is 0. The Morgan fingerprint density at radius 2 is 1.75 bits per heavy atom. The highest BCUT2D eigenvalue weighted by atomic mass is 16.3. The predicted molar refractivity (Wildman–Crippen MR) is 49.9 cm³/mol. The molecule has 0 radical (unpaired) electrons. The maximum absolute atomic E-state index is 10.3. The zero-order valence-electron chi connectivity index (χ0n) is 8.65. The van der Waals surface area contributed by atoms with Gasteiger partial charge in [-0.15, -0.1) is 0 Å². The smallest absolute Gasteiger partial charge is 0.0681 e. The summed E-state index contributed by atoms with van der Waals surface area (Å²) in [5.74, 6) is 0.748. The lowest BCUT2D eigenvalue weighted by Crippen LogP contribution is -2.44. The van der Waals surface area contributed by atoms with Crippen LogP contribution in [0, 0.1) is 16.7 Å². The van der Waals surface area contributed by atoms with E-state index < -0.39 is 5.60 Å². The van der Waals surface area contributed by atoms with Crippen molar-refractivity contribution >= 4 is 0 Å². The Morgan fingerprint density at radius 1 is 1.17 bits per heavy atom. The molecule has 1 nitrogen and oxygen atoms in total. The molecule has 0 heterocycles. The van der Waals surface area contributed by atoms with Crippen LogP contribution in [-0.4, -0.2) is 10.7 Å². The normalized spacial score (nSPS) is 56.2. The molecule has 0 spiro atoms. The van der Waals surface area contributed by atoms with Crippen LogP contribution in [0.2, 0.25) is 0 Å². The molecular formula is C11H20O. The molecule has 3 atom stereocenters. The molecule has 2 fully saturated rings. The lowest BCUT2D eigenvalue weighted by molar-refractivity contribution is -0.0745. The number of hydrogen-bond donors (Lipinski definition) is 1. The van der Waals surface area contributed by atoms with Gasteiger partial charge in [0.25, 0.3) is 0 Å². The molecule has 2 bridgehead atoms. The Labute approximate surface area is 75.2 Å². The van der Waals surface area contributed by atoms with Gasteiger partial charge in [0.05, 0.1) is 5.60 Å². The van der Waals surface area contributed by atoms with E-state index in [9.17, 15) is 5.11 Å². The van der Waals surface area contributed by atoms with Crippen LogP contribution in [-0.2, 0) is 0 Å². The Balaban J connectivity index is 2.47. The minimum absolute atomic E-state index is 0.157. The largest absolute Gasteiger partial charge is 0.390 e. The first-order chi connectivity index (χ1) is 5.31. The van der Waals surface area contributed by atoms with Crippen LogP contribution in [0.15, 0.2) is 0 Å². The molecular weight excluding hydrogens is 148 g/mol. The van der Waals surface area contributed by atoms with Crippen molar-refractivity contribution in [1.29, 1.82) is 0 Å². The molecule has 70 valence electrons. The first kappa shape index (κ1) is 8.55. The molecule has 2 saturated carbocycles. The van der Waals surface area contributed by atoms with Crippen molar-refractivity contribution in [2.24, 2.45) is 16.7 Å². The van der Waals surface area contributed by atoms with Gasteiger partial charge in [-0.1, -0.05) is 20.8 Å². The molecule has 2 rings (SSSR count). The molecule has 3 unspecified atom stereocenters. The molecule has 1 N–H and O–H groups in total. The van der Waals surface area contributed by atoms with Crippen molar-refractivity contribution in [3.05, 3.63) is 0 Å². The van der Waals surface area contributed by atoms with Gasteiger partial charge in [-0.25, -0.2) is 0 Å². The highest BCUT2D eigenvalue weighted by molar-refractivity contribution is 5.16. The quantitative estimate of drug-likeness (QED) is 0.589. The summed E-state index contributed by atoms with van der Waals surface area (Å²) in [6.07, 6.45) is 3.54. The maximum atomic E-state index is 10.3. The van der Waals surface area contributed by atoms with Crippen LogP contribution in [0.4, 0.5) is 0 Å². The second-order valence-electron chi connectivity index (χ2n) is 5.77. The van der Waals surface area contributed by atoms with E-state index in [1.165, 1.54) is 12.8 Å². The number of fused-ring (bicyclic) bond motifs is 2. The molecule has 0 aromatic heterocycles. The van der Waals surface area contributed by atoms with Crippen molar-refractivity contribution in [2.75, 3.05) is 0 Å². The van der Waals surface area contributed by atoms with Crippen LogP contribution in [0.3, 0.4) is 0 Å². The fraction of sp³-hybridized carbons (Fsp3) is 1.00. The van der Waals surface area contributed by atoms with E-state index in [1.807, 2.05) is 6.92 Å². The highest BCUT2D eigenvalue weighted by Crippen LogP contribution is 2.69. The number of rotatable bonds is 0. The van der Waals surface area contributed by atoms with Crippen molar-refractivity contribution in [2.45, 2.75) is 52.6 Å². The van der Waals surface area contributed by atoms with Crippen molar-refractivity contribution < 1.29 is 5.11 Å². The molecule has 0 aliphatic heterocycles. The van der Waals surface area contributed by atoms with E-state index >= 15 is 0 Å². The Bertz CT molecular complexity index is 217. The van der Waals surface area contributed by atoms with E-state index in [4.69, 9.17) is 0 Å². The van der Waals surface area contributed by atoms with Gasteiger partial charge in [0.2, 0.25) is 0 Å². The predicted octanol–water partition coefficient (Wildman–Crippen LogP) is 2.58. The van der Waals surface area contributed by atoms with Crippen molar-refractivity contribution in [3.8, 4) is 0 Å². The third kappa shape index (κ3) is 0.654. The fourth-order valence-electron chi connectivity index (χ4n) is 3.62. The first-order valence-corrected chi connectivity index (χ1v) is 5.04.